The molecular weight excluding hydrogens is 322 g/mol. The second kappa shape index (κ2) is 9.75. The number of hydrogen-bond donors (Lipinski definition) is 4. The minimum Gasteiger partial charge on any atom is -0.350 e. The van der Waals surface area contributed by atoms with Gasteiger partial charge in [0.15, 0.2) is 0 Å². The molecule has 0 aromatic rings. The van der Waals surface area contributed by atoms with Gasteiger partial charge in [0.25, 0.3) is 0 Å². The van der Waals surface area contributed by atoms with Crippen LogP contribution in [0.15, 0.2) is 0 Å². The van der Waals surface area contributed by atoms with Gasteiger partial charge in [0.1, 0.15) is 6.04 Å². The van der Waals surface area contributed by atoms with Crippen LogP contribution in [-0.4, -0.2) is 34.5 Å². The molecule has 7 heteroatoms. The third-order valence-corrected chi connectivity index (χ3v) is 3.75. The van der Waals surface area contributed by atoms with Crippen molar-refractivity contribution < 1.29 is 19.6 Å². The van der Waals surface area contributed by atoms with Crippen LogP contribution in [0.25, 0.3) is 0 Å². The van der Waals surface area contributed by atoms with E-state index in [4.69, 9.17) is 5.21 Å². The molecule has 3 amide bonds. The molecule has 146 valence electrons. The molecule has 0 rings (SSSR count). The first-order valence-corrected chi connectivity index (χ1v) is 8.87. The molecule has 0 aliphatic rings. The zero-order chi connectivity index (χ0) is 19.8. The summed E-state index contributed by atoms with van der Waals surface area (Å²) in [7, 11) is 0. The molecule has 4 N–H and O–H groups in total. The van der Waals surface area contributed by atoms with Crippen LogP contribution >= 0.6 is 0 Å². The Bertz CT molecular complexity index is 464. The van der Waals surface area contributed by atoms with E-state index in [1.54, 1.807) is 5.48 Å². The maximum atomic E-state index is 12.7. The van der Waals surface area contributed by atoms with Crippen molar-refractivity contribution in [3.05, 3.63) is 0 Å². The lowest BCUT2D eigenvalue weighted by Crippen LogP contribution is -2.58. The lowest BCUT2D eigenvalue weighted by molar-refractivity contribution is -0.137. The van der Waals surface area contributed by atoms with E-state index in [1.807, 2.05) is 48.5 Å². The highest BCUT2D eigenvalue weighted by Gasteiger charge is 2.36. The number of carbonyl (C=O) groups is 3. The zero-order valence-electron chi connectivity index (χ0n) is 16.7. The predicted molar refractivity (Wildman–Crippen MR) is 96.8 cm³/mol. The number of hydroxylamine groups is 1. The summed E-state index contributed by atoms with van der Waals surface area (Å²) in [5.41, 5.74) is 0.666. The summed E-state index contributed by atoms with van der Waals surface area (Å²) in [5, 5.41) is 14.4. The van der Waals surface area contributed by atoms with Gasteiger partial charge in [0, 0.05) is 17.9 Å². The van der Waals surface area contributed by atoms with Crippen molar-refractivity contribution in [3.8, 4) is 0 Å². The van der Waals surface area contributed by atoms with Gasteiger partial charge in [-0.1, -0.05) is 40.5 Å². The lowest BCUT2D eigenvalue weighted by atomic mass is 9.84. The molecule has 25 heavy (non-hydrogen) atoms. The van der Waals surface area contributed by atoms with Gasteiger partial charge in [-0.05, 0) is 32.6 Å². The van der Waals surface area contributed by atoms with E-state index < -0.39 is 28.8 Å². The molecule has 0 saturated carbocycles. The molecule has 7 nitrogen and oxygen atoms in total. The summed E-state index contributed by atoms with van der Waals surface area (Å²) in [6.45, 7) is 13.3. The van der Waals surface area contributed by atoms with Crippen LogP contribution in [0.2, 0.25) is 0 Å². The highest BCUT2D eigenvalue weighted by atomic mass is 16.5. The summed E-state index contributed by atoms with van der Waals surface area (Å²) < 4.78 is 0. The summed E-state index contributed by atoms with van der Waals surface area (Å²) in [4.78, 5) is 36.8. The highest BCUT2D eigenvalue weighted by molar-refractivity contribution is 5.91. The quantitative estimate of drug-likeness (QED) is 0.394. The lowest BCUT2D eigenvalue weighted by Gasteiger charge is -2.34. The molecule has 0 spiro atoms. The SMILES string of the molecule is CCCC[C@H](CC(=O)NO)C(=O)NC(C(=O)NC(C)(C)C)C(C)(C)C. The number of nitrogens with one attached hydrogen (secondary N) is 3. The Balaban J connectivity index is 5.25. The zero-order valence-corrected chi connectivity index (χ0v) is 16.7. The third-order valence-electron chi connectivity index (χ3n) is 3.75. The fourth-order valence-corrected chi connectivity index (χ4v) is 2.42. The van der Waals surface area contributed by atoms with Crippen molar-refractivity contribution in [3.63, 3.8) is 0 Å². The van der Waals surface area contributed by atoms with Gasteiger partial charge in [-0.25, -0.2) is 5.48 Å². The Labute approximate surface area is 151 Å². The molecule has 0 aliphatic heterocycles. The van der Waals surface area contributed by atoms with Crippen LogP contribution in [0.3, 0.4) is 0 Å². The fourth-order valence-electron chi connectivity index (χ4n) is 2.42. The molecule has 0 aromatic heterocycles. The van der Waals surface area contributed by atoms with E-state index in [9.17, 15) is 14.4 Å². The van der Waals surface area contributed by atoms with Gasteiger partial charge < -0.3 is 10.6 Å². The Hall–Kier alpha value is -1.63. The standard InChI is InChI=1S/C18H35N3O4/c1-8-9-10-12(11-13(22)21-25)15(23)19-14(17(2,3)4)16(24)20-18(5,6)7/h12,14,25H,8-11H2,1-7H3,(H,19,23)(H,20,24)(H,21,22)/t12-,14?/m1/s1. The van der Waals surface area contributed by atoms with E-state index in [0.717, 1.165) is 12.8 Å². The molecule has 0 fully saturated rings. The minimum atomic E-state index is -0.722. The Morgan fingerprint density at radius 1 is 1.00 bits per heavy atom. The topological polar surface area (TPSA) is 108 Å². The van der Waals surface area contributed by atoms with Gasteiger partial charge in [-0.3, -0.25) is 19.6 Å². The van der Waals surface area contributed by atoms with E-state index in [2.05, 4.69) is 10.6 Å². The Morgan fingerprint density at radius 3 is 1.96 bits per heavy atom. The third kappa shape index (κ3) is 9.43. The van der Waals surface area contributed by atoms with Crippen LogP contribution < -0.4 is 16.1 Å². The highest BCUT2D eigenvalue weighted by Crippen LogP contribution is 2.22. The number of hydrogen-bond acceptors (Lipinski definition) is 4. The molecule has 0 aromatic carbocycles. The molecular formula is C18H35N3O4. The van der Waals surface area contributed by atoms with Crippen molar-refractivity contribution in [2.45, 2.75) is 85.7 Å². The number of rotatable bonds is 8. The van der Waals surface area contributed by atoms with Gasteiger partial charge in [0.2, 0.25) is 17.7 Å². The van der Waals surface area contributed by atoms with E-state index >= 15 is 0 Å². The average Bonchev–Trinajstić information content (AvgIpc) is 2.45. The van der Waals surface area contributed by atoms with Crippen LogP contribution in [0, 0.1) is 11.3 Å². The maximum absolute atomic E-state index is 12.7. The van der Waals surface area contributed by atoms with Crippen LogP contribution in [0.4, 0.5) is 0 Å². The van der Waals surface area contributed by atoms with Crippen molar-refractivity contribution in [1.82, 2.24) is 16.1 Å². The molecule has 0 bridgehead atoms. The number of unbranched alkanes of at least 4 members (excludes halogenated alkanes) is 1. The summed E-state index contributed by atoms with van der Waals surface area (Å²) in [5.74, 6) is -1.79. The predicted octanol–water partition coefficient (Wildman–Crippen LogP) is 2.13. The van der Waals surface area contributed by atoms with E-state index in [-0.39, 0.29) is 18.2 Å². The molecule has 0 saturated heterocycles. The average molecular weight is 357 g/mol. The maximum Gasteiger partial charge on any atom is 0.244 e. The van der Waals surface area contributed by atoms with Gasteiger partial charge >= 0.3 is 0 Å². The molecule has 0 radical (unpaired) electrons. The van der Waals surface area contributed by atoms with Gasteiger partial charge in [0.05, 0.1) is 0 Å². The fraction of sp³-hybridized carbons (Fsp3) is 0.833. The first-order chi connectivity index (χ1) is 11.3. The van der Waals surface area contributed by atoms with Crippen molar-refractivity contribution >= 4 is 17.7 Å². The second-order valence-corrected chi connectivity index (χ2v) is 8.63. The second-order valence-electron chi connectivity index (χ2n) is 8.63. The van der Waals surface area contributed by atoms with Crippen molar-refractivity contribution in [2.24, 2.45) is 11.3 Å². The number of amides is 3. The van der Waals surface area contributed by atoms with E-state index in [1.165, 1.54) is 0 Å². The Kier molecular flexibility index (Phi) is 9.11. The van der Waals surface area contributed by atoms with Crippen molar-refractivity contribution in [2.75, 3.05) is 0 Å². The van der Waals surface area contributed by atoms with Gasteiger partial charge in [-0.15, -0.1) is 0 Å². The first kappa shape index (κ1) is 23.4. The molecule has 1 unspecified atom stereocenters. The molecule has 0 aliphatic carbocycles. The van der Waals surface area contributed by atoms with Gasteiger partial charge in [-0.2, -0.15) is 0 Å². The largest absolute Gasteiger partial charge is 0.350 e. The number of carbonyl (C=O) groups excluding carboxylic acids is 3. The normalized spacial score (nSPS) is 14.4. The smallest absolute Gasteiger partial charge is 0.244 e. The Morgan fingerprint density at radius 2 is 1.56 bits per heavy atom. The molecule has 2 atom stereocenters. The monoisotopic (exact) mass is 357 g/mol. The van der Waals surface area contributed by atoms with Crippen molar-refractivity contribution in [1.29, 1.82) is 0 Å². The van der Waals surface area contributed by atoms with Crippen LogP contribution in [0.1, 0.15) is 74.1 Å². The van der Waals surface area contributed by atoms with E-state index in [0.29, 0.717) is 6.42 Å². The summed E-state index contributed by atoms with van der Waals surface area (Å²) in [6.07, 6.45) is 2.08. The summed E-state index contributed by atoms with van der Waals surface area (Å²) in [6, 6.07) is -0.722. The summed E-state index contributed by atoms with van der Waals surface area (Å²) >= 11 is 0. The molecule has 0 heterocycles. The van der Waals surface area contributed by atoms with Crippen LogP contribution in [0.5, 0.6) is 0 Å². The first-order valence-electron chi connectivity index (χ1n) is 8.87. The minimum absolute atomic E-state index is 0.111. The van der Waals surface area contributed by atoms with Crippen LogP contribution in [-0.2, 0) is 14.4 Å².